The summed E-state index contributed by atoms with van der Waals surface area (Å²) in [5.41, 5.74) is 4.28. The topological polar surface area (TPSA) is 15.7 Å². The van der Waals surface area contributed by atoms with Gasteiger partial charge in [-0.25, -0.2) is 0 Å². The molecule has 1 unspecified atom stereocenters. The first-order valence-electron chi connectivity index (χ1n) is 9.36. The molecule has 0 N–H and O–H groups in total. The van der Waals surface area contributed by atoms with Crippen LogP contribution in [0, 0.1) is 12.3 Å². The fourth-order valence-corrected chi connectivity index (χ4v) is 4.06. The fourth-order valence-electron chi connectivity index (χ4n) is 4.06. The van der Waals surface area contributed by atoms with E-state index in [-0.39, 0.29) is 0 Å². The molecule has 1 heterocycles. The molecule has 1 fully saturated rings. The van der Waals surface area contributed by atoms with Gasteiger partial charge in [0.25, 0.3) is 0 Å². The number of fused-ring (bicyclic) bond motifs is 1. The number of rotatable bonds is 4. The number of anilines is 1. The monoisotopic (exact) mass is 335 g/mol. The average molecular weight is 335 g/mol. The third kappa shape index (κ3) is 3.82. The van der Waals surface area contributed by atoms with Crippen LogP contribution in [0.4, 0.5) is 5.69 Å². The molecule has 0 amide bonds. The molecule has 25 heavy (non-hydrogen) atoms. The lowest BCUT2D eigenvalue weighted by Crippen LogP contribution is -2.48. The van der Waals surface area contributed by atoms with Crippen LogP contribution in [0.3, 0.4) is 0 Å². The zero-order chi connectivity index (χ0) is 17.1. The molecule has 0 spiro atoms. The van der Waals surface area contributed by atoms with Crippen molar-refractivity contribution in [3.8, 4) is 5.75 Å². The molecular weight excluding hydrogens is 308 g/mol. The smallest absolute Gasteiger partial charge is 0.119 e. The van der Waals surface area contributed by atoms with E-state index in [1.165, 1.54) is 36.2 Å². The van der Waals surface area contributed by atoms with Gasteiger partial charge < -0.3 is 9.64 Å². The minimum Gasteiger partial charge on any atom is -0.497 e. The van der Waals surface area contributed by atoms with Crippen LogP contribution in [0.5, 0.6) is 5.75 Å². The second-order valence-electron chi connectivity index (χ2n) is 7.15. The van der Waals surface area contributed by atoms with E-state index in [0.29, 0.717) is 5.92 Å². The molecule has 0 aromatic heterocycles. The Labute approximate surface area is 151 Å². The maximum atomic E-state index is 5.25. The average Bonchev–Trinajstić information content (AvgIpc) is 2.69. The van der Waals surface area contributed by atoms with Gasteiger partial charge in [-0.2, -0.15) is 0 Å². The van der Waals surface area contributed by atoms with Gasteiger partial charge >= 0.3 is 0 Å². The number of nitrogens with zero attached hydrogens (tertiary/aromatic N) is 2. The van der Waals surface area contributed by atoms with E-state index in [4.69, 9.17) is 4.74 Å². The molecule has 2 aliphatic rings. The number of ether oxygens (including phenoxy) is 1. The van der Waals surface area contributed by atoms with Crippen LogP contribution in [0.15, 0.2) is 48.5 Å². The maximum absolute atomic E-state index is 5.25. The summed E-state index contributed by atoms with van der Waals surface area (Å²) in [6.45, 7) is 5.71. The highest BCUT2D eigenvalue weighted by molar-refractivity contribution is 5.49. The first-order chi connectivity index (χ1) is 12.3. The molecule has 2 aromatic carbocycles. The van der Waals surface area contributed by atoms with Gasteiger partial charge in [0, 0.05) is 38.4 Å². The normalized spacial score (nSPS) is 21.0. The van der Waals surface area contributed by atoms with Crippen molar-refractivity contribution in [2.75, 3.05) is 44.7 Å². The molecule has 0 bridgehead atoms. The van der Waals surface area contributed by atoms with Crippen molar-refractivity contribution in [3.05, 3.63) is 66.1 Å². The molecule has 1 aliphatic heterocycles. The molecule has 2 aromatic rings. The van der Waals surface area contributed by atoms with E-state index in [9.17, 15) is 0 Å². The van der Waals surface area contributed by atoms with Crippen LogP contribution in [-0.2, 0) is 6.42 Å². The molecule has 1 radical (unpaired) electrons. The highest BCUT2D eigenvalue weighted by Crippen LogP contribution is 2.28. The summed E-state index contributed by atoms with van der Waals surface area (Å²) < 4.78 is 5.25. The third-order valence-electron chi connectivity index (χ3n) is 5.56. The van der Waals surface area contributed by atoms with Crippen LogP contribution in [0.1, 0.15) is 17.5 Å². The minimum absolute atomic E-state index is 0.697. The largest absolute Gasteiger partial charge is 0.497 e. The molecule has 3 heteroatoms. The molecule has 131 valence electrons. The third-order valence-corrected chi connectivity index (χ3v) is 5.56. The van der Waals surface area contributed by atoms with Gasteiger partial charge in [-0.15, -0.1) is 0 Å². The lowest BCUT2D eigenvalue weighted by atomic mass is 9.83. The van der Waals surface area contributed by atoms with E-state index in [1.54, 1.807) is 7.11 Å². The van der Waals surface area contributed by atoms with E-state index < -0.39 is 0 Å². The number of aryl methyl sites for hydroxylation is 1. The second kappa shape index (κ2) is 7.49. The Bertz CT molecular complexity index is 689. The number of piperazine rings is 1. The Morgan fingerprint density at radius 2 is 1.72 bits per heavy atom. The van der Waals surface area contributed by atoms with Gasteiger partial charge in [-0.05, 0) is 60.6 Å². The van der Waals surface area contributed by atoms with Crippen LogP contribution in [-0.4, -0.2) is 44.7 Å². The summed E-state index contributed by atoms with van der Waals surface area (Å²) >= 11 is 0. The summed E-state index contributed by atoms with van der Waals surface area (Å²) in [6.07, 6.45) is 5.01. The molecule has 0 saturated carbocycles. The predicted octanol–water partition coefficient (Wildman–Crippen LogP) is 3.63. The van der Waals surface area contributed by atoms with Gasteiger partial charge in [-0.1, -0.05) is 24.3 Å². The van der Waals surface area contributed by atoms with Crippen molar-refractivity contribution >= 4 is 5.69 Å². The Morgan fingerprint density at radius 1 is 0.960 bits per heavy atom. The van der Waals surface area contributed by atoms with Crippen LogP contribution in [0.2, 0.25) is 0 Å². The predicted molar refractivity (Wildman–Crippen MR) is 103 cm³/mol. The van der Waals surface area contributed by atoms with Crippen molar-refractivity contribution in [1.82, 2.24) is 4.90 Å². The molecular formula is C22H27N2O. The highest BCUT2D eigenvalue weighted by atomic mass is 16.5. The van der Waals surface area contributed by atoms with Crippen molar-refractivity contribution in [3.63, 3.8) is 0 Å². The maximum Gasteiger partial charge on any atom is 0.119 e. The lowest BCUT2D eigenvalue weighted by Gasteiger charge is -2.38. The van der Waals surface area contributed by atoms with Crippen LogP contribution in [0.25, 0.3) is 0 Å². The quantitative estimate of drug-likeness (QED) is 0.848. The van der Waals surface area contributed by atoms with E-state index in [1.807, 2.05) is 0 Å². The summed E-state index contributed by atoms with van der Waals surface area (Å²) in [4.78, 5) is 5.12. The Hall–Kier alpha value is -2.00. The summed E-state index contributed by atoms with van der Waals surface area (Å²) in [6, 6.07) is 17.3. The van der Waals surface area contributed by atoms with Crippen LogP contribution < -0.4 is 9.64 Å². The van der Waals surface area contributed by atoms with Gasteiger partial charge in [-0.3, -0.25) is 4.90 Å². The molecule has 3 nitrogen and oxygen atoms in total. The van der Waals surface area contributed by atoms with Gasteiger partial charge in [0.05, 0.1) is 7.11 Å². The first-order valence-corrected chi connectivity index (χ1v) is 9.36. The Morgan fingerprint density at radius 3 is 2.48 bits per heavy atom. The fraction of sp³-hybridized carbons (Fsp3) is 0.409. The van der Waals surface area contributed by atoms with E-state index >= 15 is 0 Å². The lowest BCUT2D eigenvalue weighted by molar-refractivity contribution is 0.224. The summed E-state index contributed by atoms with van der Waals surface area (Å²) in [7, 11) is 1.72. The summed E-state index contributed by atoms with van der Waals surface area (Å²) in [5.74, 6) is 1.62. The molecule has 1 atom stereocenters. The first kappa shape index (κ1) is 16.5. The van der Waals surface area contributed by atoms with Crippen molar-refractivity contribution < 1.29 is 4.74 Å². The SMILES string of the molecule is COc1ccc(N2CCN(CC3[CH]c4ccccc4CC3)CC2)cc1. The highest BCUT2D eigenvalue weighted by Gasteiger charge is 2.23. The van der Waals surface area contributed by atoms with Crippen molar-refractivity contribution in [2.24, 2.45) is 5.92 Å². The van der Waals surface area contributed by atoms with E-state index in [2.05, 4.69) is 64.8 Å². The van der Waals surface area contributed by atoms with Crippen LogP contribution >= 0.6 is 0 Å². The second-order valence-corrected chi connectivity index (χ2v) is 7.15. The molecule has 1 saturated heterocycles. The number of benzene rings is 2. The number of hydrogen-bond donors (Lipinski definition) is 0. The molecule has 1 aliphatic carbocycles. The molecule has 4 rings (SSSR count). The zero-order valence-corrected chi connectivity index (χ0v) is 15.0. The zero-order valence-electron chi connectivity index (χ0n) is 15.0. The van der Waals surface area contributed by atoms with Crippen molar-refractivity contribution in [2.45, 2.75) is 12.8 Å². The number of methoxy groups -OCH3 is 1. The van der Waals surface area contributed by atoms with Gasteiger partial charge in [0.1, 0.15) is 5.75 Å². The number of hydrogen-bond acceptors (Lipinski definition) is 3. The van der Waals surface area contributed by atoms with Crippen molar-refractivity contribution in [1.29, 1.82) is 0 Å². The van der Waals surface area contributed by atoms with E-state index in [0.717, 1.165) is 31.9 Å². The van der Waals surface area contributed by atoms with Gasteiger partial charge in [0.2, 0.25) is 0 Å². The summed E-state index contributed by atoms with van der Waals surface area (Å²) in [5, 5.41) is 0. The Balaban J connectivity index is 1.29. The standard InChI is InChI=1S/C22H27N2O/c1-25-22-10-8-21(9-11-22)24-14-12-23(13-15-24)17-18-6-7-19-4-2-3-5-20(19)16-18/h2-5,8-11,16,18H,6-7,12-15,17H2,1H3. The van der Waals surface area contributed by atoms with Gasteiger partial charge in [0.15, 0.2) is 0 Å². The minimum atomic E-state index is 0.697. The Kier molecular flexibility index (Phi) is 4.93.